The Hall–Kier alpha value is -0.610. The topological polar surface area (TPSA) is 45.1 Å². The summed E-state index contributed by atoms with van der Waals surface area (Å²) in [5.74, 6) is 0. The van der Waals surface area contributed by atoms with Crippen molar-refractivity contribution in [3.8, 4) is 0 Å². The molecule has 1 aliphatic rings. The maximum atomic E-state index is 9.40. The highest BCUT2D eigenvalue weighted by molar-refractivity contribution is 9.10. The smallest absolute Gasteiger partial charge is 0.129 e. The van der Waals surface area contributed by atoms with Crippen molar-refractivity contribution in [1.29, 1.82) is 0 Å². The van der Waals surface area contributed by atoms with Crippen LogP contribution in [-0.2, 0) is 0 Å². The number of nitrogens with zero attached hydrogens (tertiary/aromatic N) is 1. The minimum absolute atomic E-state index is 0.0969. The highest BCUT2D eigenvalue weighted by Crippen LogP contribution is 2.25. The highest BCUT2D eigenvalue weighted by Gasteiger charge is 2.19. The van der Waals surface area contributed by atoms with Crippen LogP contribution in [0.4, 0.5) is 5.69 Å². The van der Waals surface area contributed by atoms with Gasteiger partial charge in [-0.05, 0) is 53.7 Å². The van der Waals surface area contributed by atoms with Crippen molar-refractivity contribution in [3.05, 3.63) is 22.9 Å². The maximum absolute atomic E-state index is 9.40. The Morgan fingerprint density at radius 3 is 2.73 bits per heavy atom. The number of rotatable bonds is 2. The van der Waals surface area contributed by atoms with Crippen molar-refractivity contribution in [2.75, 3.05) is 5.32 Å². The Morgan fingerprint density at radius 2 is 2.07 bits per heavy atom. The number of aliphatic hydroxyl groups is 1. The first kappa shape index (κ1) is 10.9. The van der Waals surface area contributed by atoms with Crippen LogP contribution in [0.1, 0.15) is 25.7 Å². The molecule has 0 radical (unpaired) electrons. The van der Waals surface area contributed by atoms with Crippen LogP contribution in [0.3, 0.4) is 0 Å². The van der Waals surface area contributed by atoms with E-state index in [1.54, 1.807) is 6.20 Å². The largest absolute Gasteiger partial charge is 0.393 e. The zero-order valence-electron chi connectivity index (χ0n) is 8.49. The van der Waals surface area contributed by atoms with Crippen LogP contribution < -0.4 is 5.32 Å². The van der Waals surface area contributed by atoms with Crippen LogP contribution in [0.25, 0.3) is 0 Å². The molecule has 0 unspecified atom stereocenters. The molecule has 82 valence electrons. The first-order chi connectivity index (χ1) is 7.25. The Morgan fingerprint density at radius 1 is 1.33 bits per heavy atom. The van der Waals surface area contributed by atoms with Crippen LogP contribution >= 0.6 is 15.9 Å². The van der Waals surface area contributed by atoms with Crippen LogP contribution in [0.15, 0.2) is 22.9 Å². The van der Waals surface area contributed by atoms with E-state index in [9.17, 15) is 5.11 Å². The summed E-state index contributed by atoms with van der Waals surface area (Å²) in [4.78, 5) is 4.16. The third kappa shape index (κ3) is 2.92. The average molecular weight is 271 g/mol. The zero-order chi connectivity index (χ0) is 10.7. The molecule has 0 aliphatic heterocycles. The summed E-state index contributed by atoms with van der Waals surface area (Å²) < 4.78 is 0.858. The summed E-state index contributed by atoms with van der Waals surface area (Å²) in [5.41, 5.74) is 1.04. The second-order valence-corrected chi connectivity index (χ2v) is 4.74. The van der Waals surface area contributed by atoms with E-state index in [1.807, 2.05) is 12.1 Å². The van der Waals surface area contributed by atoms with Gasteiger partial charge in [0.2, 0.25) is 0 Å². The fourth-order valence-corrected chi connectivity index (χ4v) is 2.30. The van der Waals surface area contributed by atoms with E-state index in [4.69, 9.17) is 0 Å². The summed E-state index contributed by atoms with van der Waals surface area (Å²) >= 11 is 3.41. The zero-order valence-corrected chi connectivity index (χ0v) is 10.1. The van der Waals surface area contributed by atoms with Gasteiger partial charge < -0.3 is 10.4 Å². The quantitative estimate of drug-likeness (QED) is 0.812. The fraction of sp³-hybridized carbons (Fsp3) is 0.545. The van der Waals surface area contributed by atoms with Crippen molar-refractivity contribution in [3.63, 3.8) is 0 Å². The Balaban J connectivity index is 1.95. The van der Waals surface area contributed by atoms with Crippen LogP contribution in [0.2, 0.25) is 0 Å². The van der Waals surface area contributed by atoms with Gasteiger partial charge in [0.25, 0.3) is 0 Å². The Kier molecular flexibility index (Phi) is 3.59. The number of hydrogen-bond acceptors (Lipinski definition) is 3. The predicted octanol–water partition coefficient (Wildman–Crippen LogP) is 2.56. The summed E-state index contributed by atoms with van der Waals surface area (Å²) in [5, 5.41) is 12.8. The molecule has 1 heterocycles. The first-order valence-corrected chi connectivity index (χ1v) is 6.10. The van der Waals surface area contributed by atoms with E-state index >= 15 is 0 Å². The van der Waals surface area contributed by atoms with Gasteiger partial charge in [0.15, 0.2) is 0 Å². The Bertz CT molecular complexity index is 324. The molecule has 1 aromatic rings. The molecule has 2 N–H and O–H groups in total. The lowest BCUT2D eigenvalue weighted by Gasteiger charge is -2.27. The van der Waals surface area contributed by atoms with Crippen molar-refractivity contribution < 1.29 is 5.11 Å². The number of nitrogens with one attached hydrogen (secondary N) is 1. The van der Waals surface area contributed by atoms with E-state index in [1.165, 1.54) is 0 Å². The summed E-state index contributed by atoms with van der Waals surface area (Å²) in [6.07, 6.45) is 5.52. The molecular weight excluding hydrogens is 256 g/mol. The molecule has 1 fully saturated rings. The van der Waals surface area contributed by atoms with Crippen LogP contribution in [0, 0.1) is 0 Å². The lowest BCUT2D eigenvalue weighted by atomic mass is 9.93. The van der Waals surface area contributed by atoms with Crippen molar-refractivity contribution in [2.45, 2.75) is 37.8 Å². The normalized spacial score (nSPS) is 26.3. The number of hydrogen-bond donors (Lipinski definition) is 2. The number of aromatic nitrogens is 1. The molecule has 0 aromatic carbocycles. The number of halogens is 1. The third-order valence-electron chi connectivity index (χ3n) is 2.82. The lowest BCUT2D eigenvalue weighted by molar-refractivity contribution is 0.126. The SMILES string of the molecule is OC1CCC(Nc2cccnc2Br)CC1. The van der Waals surface area contributed by atoms with Crippen LogP contribution in [-0.4, -0.2) is 22.2 Å². The molecule has 2 rings (SSSR count). The lowest BCUT2D eigenvalue weighted by Crippen LogP contribution is -2.28. The monoisotopic (exact) mass is 270 g/mol. The van der Waals surface area contributed by atoms with Crippen molar-refractivity contribution >= 4 is 21.6 Å². The standard InChI is InChI=1S/C11H15BrN2O/c12-11-10(2-1-7-13-11)14-8-3-5-9(15)6-4-8/h1-2,7-9,14-15H,3-6H2. The molecule has 1 aromatic heterocycles. The minimum Gasteiger partial charge on any atom is -0.393 e. The molecule has 0 bridgehead atoms. The van der Waals surface area contributed by atoms with Gasteiger partial charge in [-0.25, -0.2) is 4.98 Å². The average Bonchev–Trinajstić information content (AvgIpc) is 2.25. The van der Waals surface area contributed by atoms with Gasteiger partial charge >= 0.3 is 0 Å². The second kappa shape index (κ2) is 4.94. The summed E-state index contributed by atoms with van der Waals surface area (Å²) in [7, 11) is 0. The number of anilines is 1. The van der Waals surface area contributed by atoms with E-state index in [0.717, 1.165) is 36.0 Å². The number of pyridine rings is 1. The van der Waals surface area contributed by atoms with Crippen LogP contribution in [0.5, 0.6) is 0 Å². The molecule has 0 saturated heterocycles. The molecular formula is C11H15BrN2O. The molecule has 0 atom stereocenters. The molecule has 3 nitrogen and oxygen atoms in total. The fourth-order valence-electron chi connectivity index (χ4n) is 1.93. The van der Waals surface area contributed by atoms with Gasteiger partial charge in [0.05, 0.1) is 11.8 Å². The summed E-state index contributed by atoms with van der Waals surface area (Å²) in [6.45, 7) is 0. The van der Waals surface area contributed by atoms with Gasteiger partial charge in [-0.1, -0.05) is 0 Å². The van der Waals surface area contributed by atoms with Gasteiger partial charge in [0, 0.05) is 12.2 Å². The van der Waals surface area contributed by atoms with E-state index in [2.05, 4.69) is 26.2 Å². The number of aliphatic hydroxyl groups excluding tert-OH is 1. The molecule has 0 amide bonds. The van der Waals surface area contributed by atoms with Gasteiger partial charge in [0.1, 0.15) is 4.60 Å². The van der Waals surface area contributed by atoms with Crippen molar-refractivity contribution in [2.24, 2.45) is 0 Å². The second-order valence-electron chi connectivity index (χ2n) is 3.99. The highest BCUT2D eigenvalue weighted by atomic mass is 79.9. The first-order valence-electron chi connectivity index (χ1n) is 5.31. The van der Waals surface area contributed by atoms with E-state index in [0.29, 0.717) is 6.04 Å². The predicted molar refractivity (Wildman–Crippen MR) is 63.8 cm³/mol. The van der Waals surface area contributed by atoms with Gasteiger partial charge in [-0.15, -0.1) is 0 Å². The molecule has 1 saturated carbocycles. The molecule has 1 aliphatic carbocycles. The molecule has 0 spiro atoms. The van der Waals surface area contributed by atoms with Gasteiger partial charge in [-0.3, -0.25) is 0 Å². The Labute approximate surface area is 98.0 Å². The minimum atomic E-state index is -0.0969. The van der Waals surface area contributed by atoms with Crippen molar-refractivity contribution in [1.82, 2.24) is 4.98 Å². The summed E-state index contributed by atoms with van der Waals surface area (Å²) in [6, 6.07) is 4.40. The maximum Gasteiger partial charge on any atom is 0.129 e. The molecule has 15 heavy (non-hydrogen) atoms. The third-order valence-corrected chi connectivity index (χ3v) is 3.45. The van der Waals surface area contributed by atoms with E-state index in [-0.39, 0.29) is 6.10 Å². The van der Waals surface area contributed by atoms with E-state index < -0.39 is 0 Å². The molecule has 4 heteroatoms. The van der Waals surface area contributed by atoms with Gasteiger partial charge in [-0.2, -0.15) is 0 Å².